The van der Waals surface area contributed by atoms with Crippen LogP contribution in [0.2, 0.25) is 0 Å². The van der Waals surface area contributed by atoms with Gasteiger partial charge in [-0.2, -0.15) is 18.3 Å². The number of rotatable bonds is 4. The van der Waals surface area contributed by atoms with Crippen LogP contribution in [0.5, 0.6) is 0 Å². The normalized spacial score (nSPS) is 22.3. The highest BCUT2D eigenvalue weighted by Crippen LogP contribution is 2.28. The Morgan fingerprint density at radius 3 is 2.50 bits per heavy atom. The lowest BCUT2D eigenvalue weighted by Gasteiger charge is -2.36. The lowest BCUT2D eigenvalue weighted by Crippen LogP contribution is -2.52. The molecule has 1 amide bonds. The number of carboxylic acid groups (broad SMARTS) is 1. The van der Waals surface area contributed by atoms with Gasteiger partial charge in [0.25, 0.3) is 0 Å². The summed E-state index contributed by atoms with van der Waals surface area (Å²) in [6.07, 6.45) is -5.98. The zero-order valence-corrected chi connectivity index (χ0v) is 15.0. The second-order valence-electron chi connectivity index (χ2n) is 6.60. The minimum atomic E-state index is -4.41. The molecule has 1 fully saturated rings. The summed E-state index contributed by atoms with van der Waals surface area (Å²) in [5.74, 6) is -2.26. The van der Waals surface area contributed by atoms with Crippen LogP contribution in [0.25, 0.3) is 0 Å². The van der Waals surface area contributed by atoms with Crippen molar-refractivity contribution in [1.82, 2.24) is 14.7 Å². The molecule has 1 N–H and O–H groups in total. The SMILES string of the molecule is Cc1nn(CC(F)(F)F)c(C)c1C(C)C(=O)N1CC(C(=O)O)O[C@H](C)C1. The fourth-order valence-electron chi connectivity index (χ4n) is 3.33. The van der Waals surface area contributed by atoms with Crippen LogP contribution in [0.3, 0.4) is 0 Å². The third-order valence-corrected chi connectivity index (χ3v) is 4.42. The second kappa shape index (κ2) is 7.26. The van der Waals surface area contributed by atoms with E-state index in [0.29, 0.717) is 11.3 Å². The van der Waals surface area contributed by atoms with Crippen LogP contribution in [0.15, 0.2) is 0 Å². The number of aromatic nitrogens is 2. The average Bonchev–Trinajstić information content (AvgIpc) is 2.77. The molecule has 7 nitrogen and oxygen atoms in total. The molecule has 1 aromatic rings. The topological polar surface area (TPSA) is 84.7 Å². The van der Waals surface area contributed by atoms with Gasteiger partial charge >= 0.3 is 12.1 Å². The van der Waals surface area contributed by atoms with Crippen molar-refractivity contribution in [1.29, 1.82) is 0 Å². The predicted octanol–water partition coefficient (Wildman–Crippen LogP) is 1.87. The lowest BCUT2D eigenvalue weighted by molar-refractivity contribution is -0.167. The summed E-state index contributed by atoms with van der Waals surface area (Å²) < 4.78 is 44.1. The number of hydrogen-bond donors (Lipinski definition) is 1. The highest BCUT2D eigenvalue weighted by Gasteiger charge is 2.36. The number of amides is 1. The highest BCUT2D eigenvalue weighted by atomic mass is 19.4. The van der Waals surface area contributed by atoms with Crippen LogP contribution in [-0.4, -0.2) is 63.1 Å². The van der Waals surface area contributed by atoms with Crippen molar-refractivity contribution in [2.24, 2.45) is 0 Å². The Hall–Kier alpha value is -2.10. The van der Waals surface area contributed by atoms with Gasteiger partial charge in [-0.25, -0.2) is 4.79 Å². The number of carbonyl (C=O) groups excluding carboxylic acids is 1. The summed E-state index contributed by atoms with van der Waals surface area (Å²) in [6.45, 7) is 5.20. The largest absolute Gasteiger partial charge is 0.479 e. The van der Waals surface area contributed by atoms with Crippen molar-refractivity contribution in [2.75, 3.05) is 13.1 Å². The number of carboxylic acids is 1. The van der Waals surface area contributed by atoms with Crippen molar-refractivity contribution < 1.29 is 32.6 Å². The van der Waals surface area contributed by atoms with Crippen molar-refractivity contribution >= 4 is 11.9 Å². The number of morpholine rings is 1. The summed E-state index contributed by atoms with van der Waals surface area (Å²) >= 11 is 0. The second-order valence-corrected chi connectivity index (χ2v) is 6.60. The van der Waals surface area contributed by atoms with Crippen molar-refractivity contribution in [3.8, 4) is 0 Å². The molecule has 1 aliphatic heterocycles. The molecular weight excluding hydrogens is 355 g/mol. The van der Waals surface area contributed by atoms with Gasteiger partial charge in [0.2, 0.25) is 5.91 Å². The average molecular weight is 377 g/mol. The fraction of sp³-hybridized carbons (Fsp3) is 0.688. The van der Waals surface area contributed by atoms with E-state index in [1.165, 1.54) is 11.8 Å². The van der Waals surface area contributed by atoms with E-state index in [-0.39, 0.29) is 24.7 Å². The van der Waals surface area contributed by atoms with Crippen molar-refractivity contribution in [3.05, 3.63) is 17.0 Å². The van der Waals surface area contributed by atoms with E-state index in [4.69, 9.17) is 9.84 Å². The number of ether oxygens (including phenoxy) is 1. The van der Waals surface area contributed by atoms with Crippen LogP contribution in [0.1, 0.15) is 36.7 Å². The quantitative estimate of drug-likeness (QED) is 0.866. The Morgan fingerprint density at radius 2 is 1.96 bits per heavy atom. The Kier molecular flexibility index (Phi) is 5.64. The standard InChI is InChI=1S/C16H22F3N3O4/c1-8-5-21(6-12(26-8)15(24)25)14(23)9(2)13-10(3)20-22(11(13)4)7-16(17,18)19/h8-9,12H,5-7H2,1-4H3,(H,24,25)/t8-,9?,12?/m1/s1. The van der Waals surface area contributed by atoms with E-state index in [1.807, 2.05) is 0 Å². The number of halogens is 3. The van der Waals surface area contributed by atoms with Gasteiger partial charge < -0.3 is 14.7 Å². The fourth-order valence-corrected chi connectivity index (χ4v) is 3.33. The molecule has 146 valence electrons. The lowest BCUT2D eigenvalue weighted by atomic mass is 9.97. The van der Waals surface area contributed by atoms with E-state index in [2.05, 4.69) is 5.10 Å². The summed E-state index contributed by atoms with van der Waals surface area (Å²) in [6, 6.07) is 0. The first kappa shape index (κ1) is 20.2. The molecular formula is C16H22F3N3O4. The molecule has 1 aromatic heterocycles. The molecule has 0 bridgehead atoms. The van der Waals surface area contributed by atoms with Crippen LogP contribution >= 0.6 is 0 Å². The number of aliphatic carboxylic acids is 1. The van der Waals surface area contributed by atoms with Gasteiger partial charge in [-0.05, 0) is 27.7 Å². The van der Waals surface area contributed by atoms with E-state index >= 15 is 0 Å². The van der Waals surface area contributed by atoms with Gasteiger partial charge in [0.05, 0.1) is 24.3 Å². The molecule has 26 heavy (non-hydrogen) atoms. The van der Waals surface area contributed by atoms with Gasteiger partial charge in [-0.1, -0.05) is 0 Å². The van der Waals surface area contributed by atoms with Gasteiger partial charge in [0, 0.05) is 17.8 Å². The van der Waals surface area contributed by atoms with Gasteiger partial charge in [-0.3, -0.25) is 9.48 Å². The molecule has 2 rings (SSSR count). The van der Waals surface area contributed by atoms with Crippen LogP contribution in [0, 0.1) is 13.8 Å². The summed E-state index contributed by atoms with van der Waals surface area (Å²) in [5.41, 5.74) is 1.06. The van der Waals surface area contributed by atoms with Crippen LogP contribution < -0.4 is 0 Å². The molecule has 3 atom stereocenters. The van der Waals surface area contributed by atoms with E-state index in [9.17, 15) is 22.8 Å². The van der Waals surface area contributed by atoms with E-state index < -0.39 is 36.8 Å². The summed E-state index contributed by atoms with van der Waals surface area (Å²) in [4.78, 5) is 25.4. The third-order valence-electron chi connectivity index (χ3n) is 4.42. The number of aryl methyl sites for hydroxylation is 1. The van der Waals surface area contributed by atoms with Crippen molar-refractivity contribution in [2.45, 2.75) is 58.5 Å². The van der Waals surface area contributed by atoms with Crippen LogP contribution in [-0.2, 0) is 20.9 Å². The molecule has 1 aliphatic rings. The minimum absolute atomic E-state index is 0.0996. The number of carbonyl (C=O) groups is 2. The third kappa shape index (κ3) is 4.35. The molecule has 1 saturated heterocycles. The Balaban J connectivity index is 2.24. The summed E-state index contributed by atoms with van der Waals surface area (Å²) in [7, 11) is 0. The molecule has 0 radical (unpaired) electrons. The van der Waals surface area contributed by atoms with Gasteiger partial charge in [-0.15, -0.1) is 0 Å². The van der Waals surface area contributed by atoms with Crippen LogP contribution in [0.4, 0.5) is 13.2 Å². The van der Waals surface area contributed by atoms with Crippen molar-refractivity contribution in [3.63, 3.8) is 0 Å². The minimum Gasteiger partial charge on any atom is -0.479 e. The smallest absolute Gasteiger partial charge is 0.408 e. The van der Waals surface area contributed by atoms with Gasteiger partial charge in [0.1, 0.15) is 6.54 Å². The molecule has 0 aliphatic carbocycles. The monoisotopic (exact) mass is 377 g/mol. The first-order valence-electron chi connectivity index (χ1n) is 8.18. The first-order chi connectivity index (χ1) is 11.9. The first-order valence-corrected chi connectivity index (χ1v) is 8.18. The number of nitrogens with zero attached hydrogens (tertiary/aromatic N) is 3. The van der Waals surface area contributed by atoms with E-state index in [0.717, 1.165) is 4.68 Å². The molecule has 0 aromatic carbocycles. The highest BCUT2D eigenvalue weighted by molar-refractivity contribution is 5.85. The Bertz CT molecular complexity index is 702. The molecule has 2 unspecified atom stereocenters. The number of hydrogen-bond acceptors (Lipinski definition) is 4. The molecule has 0 spiro atoms. The molecule has 10 heteroatoms. The summed E-state index contributed by atoms with van der Waals surface area (Å²) in [5, 5.41) is 13.0. The zero-order chi connectivity index (χ0) is 19.8. The molecule has 0 saturated carbocycles. The van der Waals surface area contributed by atoms with E-state index in [1.54, 1.807) is 20.8 Å². The predicted molar refractivity (Wildman–Crippen MR) is 84.7 cm³/mol. The maximum Gasteiger partial charge on any atom is 0.408 e. The maximum absolute atomic E-state index is 12.8. The molecule has 2 heterocycles. The Labute approximate surface area is 148 Å². The van der Waals surface area contributed by atoms with Gasteiger partial charge in [0.15, 0.2) is 6.10 Å². The zero-order valence-electron chi connectivity index (χ0n) is 15.0. The Morgan fingerprint density at radius 1 is 1.35 bits per heavy atom. The number of alkyl halides is 3. The maximum atomic E-state index is 12.8.